The first-order valence-corrected chi connectivity index (χ1v) is 7.29. The lowest BCUT2D eigenvalue weighted by Crippen LogP contribution is -2.22. The van der Waals surface area contributed by atoms with Crippen LogP contribution >= 0.6 is 0 Å². The van der Waals surface area contributed by atoms with Crippen LogP contribution in [0.3, 0.4) is 0 Å². The van der Waals surface area contributed by atoms with Crippen LogP contribution in [0.5, 0.6) is 0 Å². The second-order valence-electron chi connectivity index (χ2n) is 5.16. The number of anilines is 2. The number of hydrogen-bond acceptors (Lipinski definition) is 2. The minimum atomic E-state index is -0.0328. The molecule has 0 radical (unpaired) electrons. The van der Waals surface area contributed by atoms with E-state index in [0.29, 0.717) is 0 Å². The van der Waals surface area contributed by atoms with E-state index >= 15 is 0 Å². The quantitative estimate of drug-likeness (QED) is 0.872. The van der Waals surface area contributed by atoms with Crippen LogP contribution in [0.15, 0.2) is 42.5 Å². The summed E-state index contributed by atoms with van der Waals surface area (Å²) < 4.78 is 0. The van der Waals surface area contributed by atoms with Crippen LogP contribution in [0, 0.1) is 13.8 Å². The highest BCUT2D eigenvalue weighted by atomic mass is 16.1. The normalized spacial score (nSPS) is 10.2. The molecular formula is C18H22N2O. The Balaban J connectivity index is 1.98. The molecule has 0 aliphatic heterocycles. The van der Waals surface area contributed by atoms with Gasteiger partial charge < -0.3 is 10.6 Å². The number of rotatable bonds is 5. The second-order valence-corrected chi connectivity index (χ2v) is 5.16. The smallest absolute Gasteiger partial charge is 0.243 e. The van der Waals surface area contributed by atoms with Gasteiger partial charge in [-0.1, -0.05) is 37.3 Å². The van der Waals surface area contributed by atoms with Crippen LogP contribution in [0.4, 0.5) is 11.4 Å². The van der Waals surface area contributed by atoms with Gasteiger partial charge in [-0.15, -0.1) is 0 Å². The summed E-state index contributed by atoms with van der Waals surface area (Å²) in [6.45, 7) is 6.44. The van der Waals surface area contributed by atoms with Crippen molar-refractivity contribution < 1.29 is 4.79 Å². The number of carbonyl (C=O) groups is 1. The summed E-state index contributed by atoms with van der Waals surface area (Å²) in [4.78, 5) is 12.1. The number of para-hydroxylation sites is 1. The van der Waals surface area contributed by atoms with E-state index in [4.69, 9.17) is 0 Å². The molecule has 110 valence electrons. The maximum Gasteiger partial charge on any atom is 0.243 e. The zero-order valence-corrected chi connectivity index (χ0v) is 12.9. The Morgan fingerprint density at radius 3 is 2.48 bits per heavy atom. The number of benzene rings is 2. The van der Waals surface area contributed by atoms with Crippen LogP contribution in [0.1, 0.15) is 23.6 Å². The molecule has 0 heterocycles. The minimum Gasteiger partial charge on any atom is -0.376 e. The molecule has 3 heteroatoms. The van der Waals surface area contributed by atoms with Gasteiger partial charge in [0.2, 0.25) is 5.91 Å². The van der Waals surface area contributed by atoms with Crippen molar-refractivity contribution in [2.75, 3.05) is 17.2 Å². The third kappa shape index (κ3) is 3.85. The Morgan fingerprint density at radius 2 is 1.71 bits per heavy atom. The Hall–Kier alpha value is -2.29. The highest BCUT2D eigenvalue weighted by molar-refractivity contribution is 5.94. The minimum absolute atomic E-state index is 0.0328. The Morgan fingerprint density at radius 1 is 1.00 bits per heavy atom. The summed E-state index contributed by atoms with van der Waals surface area (Å²) in [6.07, 6.45) is 0.946. The van der Waals surface area contributed by atoms with Crippen molar-refractivity contribution in [3.05, 3.63) is 59.2 Å². The largest absolute Gasteiger partial charge is 0.376 e. The van der Waals surface area contributed by atoms with Crippen molar-refractivity contribution in [1.82, 2.24) is 0 Å². The van der Waals surface area contributed by atoms with Crippen molar-refractivity contribution in [2.24, 2.45) is 0 Å². The van der Waals surface area contributed by atoms with Gasteiger partial charge in [0.05, 0.1) is 6.54 Å². The first-order valence-electron chi connectivity index (χ1n) is 7.29. The molecule has 0 aromatic heterocycles. The lowest BCUT2D eigenvalue weighted by atomic mass is 10.1. The van der Waals surface area contributed by atoms with E-state index in [1.165, 1.54) is 11.1 Å². The molecule has 0 spiro atoms. The number of aryl methyl sites for hydroxylation is 2. The molecule has 0 saturated carbocycles. The maximum atomic E-state index is 12.1. The molecule has 3 nitrogen and oxygen atoms in total. The molecule has 1 amide bonds. The fraction of sp³-hybridized carbons (Fsp3) is 0.278. The van der Waals surface area contributed by atoms with Gasteiger partial charge in [-0.25, -0.2) is 0 Å². The van der Waals surface area contributed by atoms with E-state index in [0.717, 1.165) is 23.4 Å². The number of amides is 1. The predicted molar refractivity (Wildman–Crippen MR) is 88.9 cm³/mol. The van der Waals surface area contributed by atoms with Crippen LogP contribution in [-0.2, 0) is 11.2 Å². The van der Waals surface area contributed by atoms with E-state index < -0.39 is 0 Å². The molecule has 0 bridgehead atoms. The fourth-order valence-electron chi connectivity index (χ4n) is 2.26. The van der Waals surface area contributed by atoms with Crippen LogP contribution in [0.25, 0.3) is 0 Å². The third-order valence-electron chi connectivity index (χ3n) is 3.72. The standard InChI is InChI=1S/C18H22N2O/c1-4-15-9-5-6-10-17(15)19-12-18(21)20-16-11-7-8-13(2)14(16)3/h5-11,19H,4,12H2,1-3H3,(H,20,21). The summed E-state index contributed by atoms with van der Waals surface area (Å²) >= 11 is 0. The Labute approximate surface area is 126 Å². The van der Waals surface area contributed by atoms with E-state index in [2.05, 4.69) is 23.6 Å². The van der Waals surface area contributed by atoms with Gasteiger partial charge >= 0.3 is 0 Å². The Bertz CT molecular complexity index is 635. The average Bonchev–Trinajstić information content (AvgIpc) is 2.50. The number of nitrogens with one attached hydrogen (secondary N) is 2. The summed E-state index contributed by atoms with van der Waals surface area (Å²) in [5, 5.41) is 6.16. The summed E-state index contributed by atoms with van der Waals surface area (Å²) in [5.41, 5.74) is 5.41. The van der Waals surface area contributed by atoms with Gasteiger partial charge in [0.15, 0.2) is 0 Å². The number of hydrogen-bond donors (Lipinski definition) is 2. The van der Waals surface area contributed by atoms with E-state index in [9.17, 15) is 4.79 Å². The van der Waals surface area contributed by atoms with Gasteiger partial charge in [-0.2, -0.15) is 0 Å². The maximum absolute atomic E-state index is 12.1. The first-order chi connectivity index (χ1) is 10.1. The molecule has 0 atom stereocenters. The van der Waals surface area contributed by atoms with Crippen molar-refractivity contribution in [1.29, 1.82) is 0 Å². The van der Waals surface area contributed by atoms with Gasteiger partial charge in [-0.05, 0) is 49.1 Å². The first kappa shape index (κ1) is 15.1. The van der Waals surface area contributed by atoms with Crippen molar-refractivity contribution in [3.63, 3.8) is 0 Å². The molecular weight excluding hydrogens is 260 g/mol. The molecule has 2 aromatic carbocycles. The molecule has 2 N–H and O–H groups in total. The van der Waals surface area contributed by atoms with Crippen LogP contribution < -0.4 is 10.6 Å². The highest BCUT2D eigenvalue weighted by Gasteiger charge is 2.06. The van der Waals surface area contributed by atoms with Crippen molar-refractivity contribution in [2.45, 2.75) is 27.2 Å². The lowest BCUT2D eigenvalue weighted by Gasteiger charge is -2.13. The van der Waals surface area contributed by atoms with Gasteiger partial charge in [0, 0.05) is 11.4 Å². The van der Waals surface area contributed by atoms with Crippen molar-refractivity contribution >= 4 is 17.3 Å². The zero-order chi connectivity index (χ0) is 15.2. The predicted octanol–water partition coefficient (Wildman–Crippen LogP) is 3.92. The van der Waals surface area contributed by atoms with Gasteiger partial charge in [0.1, 0.15) is 0 Å². The molecule has 0 aliphatic rings. The van der Waals surface area contributed by atoms with Gasteiger partial charge in [-0.3, -0.25) is 4.79 Å². The van der Waals surface area contributed by atoms with Crippen LogP contribution in [0.2, 0.25) is 0 Å². The monoisotopic (exact) mass is 282 g/mol. The molecule has 21 heavy (non-hydrogen) atoms. The highest BCUT2D eigenvalue weighted by Crippen LogP contribution is 2.18. The van der Waals surface area contributed by atoms with E-state index in [-0.39, 0.29) is 12.5 Å². The lowest BCUT2D eigenvalue weighted by molar-refractivity contribution is -0.114. The molecule has 2 rings (SSSR count). The Kier molecular flexibility index (Phi) is 4.99. The van der Waals surface area contributed by atoms with Crippen LogP contribution in [-0.4, -0.2) is 12.5 Å². The number of carbonyl (C=O) groups excluding carboxylic acids is 1. The second kappa shape index (κ2) is 6.93. The molecule has 2 aromatic rings. The summed E-state index contributed by atoms with van der Waals surface area (Å²) in [6, 6.07) is 14.0. The molecule has 0 aliphatic carbocycles. The SMILES string of the molecule is CCc1ccccc1NCC(=O)Nc1cccc(C)c1C. The van der Waals surface area contributed by atoms with Gasteiger partial charge in [0.25, 0.3) is 0 Å². The molecule has 0 saturated heterocycles. The topological polar surface area (TPSA) is 41.1 Å². The molecule has 0 unspecified atom stereocenters. The average molecular weight is 282 g/mol. The molecule has 0 fully saturated rings. The fourth-order valence-corrected chi connectivity index (χ4v) is 2.26. The third-order valence-corrected chi connectivity index (χ3v) is 3.72. The summed E-state index contributed by atoms with van der Waals surface area (Å²) in [7, 11) is 0. The van der Waals surface area contributed by atoms with E-state index in [1.807, 2.05) is 50.2 Å². The summed E-state index contributed by atoms with van der Waals surface area (Å²) in [5.74, 6) is -0.0328. The van der Waals surface area contributed by atoms with E-state index in [1.54, 1.807) is 0 Å². The van der Waals surface area contributed by atoms with Crippen molar-refractivity contribution in [3.8, 4) is 0 Å². The zero-order valence-electron chi connectivity index (χ0n) is 12.9.